The molecule has 0 radical (unpaired) electrons. The van der Waals surface area contributed by atoms with Crippen molar-refractivity contribution in [3.05, 3.63) is 47.3 Å². The van der Waals surface area contributed by atoms with Crippen LogP contribution in [0.25, 0.3) is 5.69 Å². The fraction of sp³-hybridized carbons (Fsp3) is 0.476. The van der Waals surface area contributed by atoms with E-state index in [4.69, 9.17) is 0 Å². The van der Waals surface area contributed by atoms with Crippen LogP contribution in [-0.4, -0.2) is 21.6 Å². The van der Waals surface area contributed by atoms with Crippen LogP contribution in [-0.2, 0) is 10.2 Å². The first-order valence-electron chi connectivity index (χ1n) is 10.1. The number of carbonyl (C=O) groups is 2. The van der Waals surface area contributed by atoms with E-state index < -0.39 is 17.0 Å². The summed E-state index contributed by atoms with van der Waals surface area (Å²) in [6.07, 6.45) is 7.97. The van der Waals surface area contributed by atoms with Crippen molar-refractivity contribution in [2.45, 2.75) is 63.2 Å². The second kappa shape index (κ2) is 7.57. The minimum atomic E-state index is -0.651. The number of benzene rings is 1. The monoisotopic (exact) mass is 402 g/mol. The molecule has 2 fully saturated rings. The maximum absolute atomic E-state index is 14.3. The van der Waals surface area contributed by atoms with Crippen molar-refractivity contribution < 1.29 is 18.4 Å². The summed E-state index contributed by atoms with van der Waals surface area (Å²) in [6.45, 7) is 2.12. The highest BCUT2D eigenvalue weighted by Crippen LogP contribution is 2.58. The fourth-order valence-corrected chi connectivity index (χ4v) is 4.69. The highest BCUT2D eigenvalue weighted by Gasteiger charge is 2.55. The summed E-state index contributed by atoms with van der Waals surface area (Å²) in [5.41, 5.74) is 6.01. The van der Waals surface area contributed by atoms with E-state index in [2.05, 4.69) is 22.9 Å². The number of ketones is 1. The highest BCUT2D eigenvalue weighted by molar-refractivity contribution is 5.92. The van der Waals surface area contributed by atoms with Crippen molar-refractivity contribution in [2.24, 2.45) is 0 Å². The third-order valence-electron chi connectivity index (χ3n) is 6.11. The summed E-state index contributed by atoms with van der Waals surface area (Å²) >= 11 is 0. The van der Waals surface area contributed by atoms with Gasteiger partial charge in [0.25, 0.3) is 0 Å². The van der Waals surface area contributed by atoms with Gasteiger partial charge in [0.2, 0.25) is 0 Å². The van der Waals surface area contributed by atoms with E-state index >= 15 is 0 Å². The summed E-state index contributed by atoms with van der Waals surface area (Å²) < 4.78 is 29.1. The molecule has 2 N–H and O–H groups in total. The van der Waals surface area contributed by atoms with Gasteiger partial charge in [-0.25, -0.2) is 29.1 Å². The molecule has 2 aromatic rings. The lowest BCUT2D eigenvalue weighted by Crippen LogP contribution is -2.34. The number of amides is 2. The lowest BCUT2D eigenvalue weighted by molar-refractivity contribution is -0.124. The number of hydrogen-bond donors (Lipinski definition) is 2. The minimum absolute atomic E-state index is 0.0833. The maximum atomic E-state index is 14.3. The number of hydrazine groups is 1. The zero-order valence-corrected chi connectivity index (χ0v) is 16.3. The number of urea groups is 1. The van der Waals surface area contributed by atoms with E-state index in [0.717, 1.165) is 55.8 Å². The van der Waals surface area contributed by atoms with Crippen LogP contribution >= 0.6 is 0 Å². The van der Waals surface area contributed by atoms with Crippen LogP contribution in [0.15, 0.2) is 24.4 Å². The number of halogens is 2. The van der Waals surface area contributed by atoms with E-state index in [0.29, 0.717) is 12.3 Å². The van der Waals surface area contributed by atoms with Crippen molar-refractivity contribution in [1.82, 2.24) is 20.6 Å². The molecule has 2 unspecified atom stereocenters. The van der Waals surface area contributed by atoms with Gasteiger partial charge in [0.1, 0.15) is 17.3 Å². The predicted molar refractivity (Wildman–Crippen MR) is 103 cm³/mol. The van der Waals surface area contributed by atoms with Gasteiger partial charge in [-0.05, 0) is 49.3 Å². The summed E-state index contributed by atoms with van der Waals surface area (Å²) in [6, 6.07) is 3.42. The lowest BCUT2D eigenvalue weighted by atomic mass is 9.77. The molecule has 5 rings (SSSR count). The van der Waals surface area contributed by atoms with E-state index in [-0.39, 0.29) is 17.5 Å². The van der Waals surface area contributed by atoms with Crippen molar-refractivity contribution >= 4 is 11.8 Å². The molecule has 2 bridgehead atoms. The molecule has 1 aromatic carbocycles. The zero-order valence-electron chi connectivity index (χ0n) is 16.3. The molecule has 29 heavy (non-hydrogen) atoms. The van der Waals surface area contributed by atoms with Crippen molar-refractivity contribution in [3.8, 4) is 5.69 Å². The van der Waals surface area contributed by atoms with Gasteiger partial charge < -0.3 is 0 Å². The SMILES string of the molecule is CCCCCC(=O)C12CCC(C1)c1cnn(-c3ccc(F)cc3F)c12.O=C1NN1. The van der Waals surface area contributed by atoms with E-state index in [1.807, 2.05) is 0 Å². The topological polar surface area (TPSA) is 95.8 Å². The molecule has 2 amide bonds. The Balaban J connectivity index is 0.000000458. The van der Waals surface area contributed by atoms with Crippen molar-refractivity contribution in [1.29, 1.82) is 0 Å². The molecule has 1 aromatic heterocycles. The molecular weight excluding hydrogens is 378 g/mol. The Morgan fingerprint density at radius 1 is 1.31 bits per heavy atom. The quantitative estimate of drug-likeness (QED) is 0.564. The molecule has 8 heteroatoms. The smallest absolute Gasteiger partial charge is 0.299 e. The Labute approximate surface area is 167 Å². The lowest BCUT2D eigenvalue weighted by Gasteiger charge is -2.27. The first-order chi connectivity index (χ1) is 14.0. The van der Waals surface area contributed by atoms with Gasteiger partial charge in [-0.2, -0.15) is 5.10 Å². The summed E-state index contributed by atoms with van der Waals surface area (Å²) in [5.74, 6) is -0.673. The van der Waals surface area contributed by atoms with Gasteiger partial charge in [0.05, 0.1) is 17.3 Å². The molecule has 0 spiro atoms. The number of rotatable bonds is 6. The number of carbonyl (C=O) groups excluding carboxylic acids is 2. The molecule has 1 saturated carbocycles. The number of fused-ring (bicyclic) bond motifs is 5. The maximum Gasteiger partial charge on any atom is 0.352 e. The second-order valence-electron chi connectivity index (χ2n) is 7.94. The Morgan fingerprint density at radius 2 is 2.07 bits per heavy atom. The number of Topliss-reactive ketones (excluding diaryl/α,β-unsaturated/α-hetero) is 1. The van der Waals surface area contributed by atoms with Crippen LogP contribution in [0.1, 0.15) is 69.0 Å². The number of nitrogens with zero attached hydrogens (tertiary/aromatic N) is 2. The van der Waals surface area contributed by atoms with Crippen LogP contribution in [0.2, 0.25) is 0 Å². The molecule has 2 aliphatic carbocycles. The molecule has 1 aliphatic heterocycles. The van der Waals surface area contributed by atoms with E-state index in [1.54, 1.807) is 10.9 Å². The molecule has 154 valence electrons. The second-order valence-corrected chi connectivity index (χ2v) is 7.94. The predicted octanol–water partition coefficient (Wildman–Crippen LogP) is 4.03. The third kappa shape index (κ3) is 3.52. The number of nitrogens with one attached hydrogen (secondary N) is 2. The Bertz CT molecular complexity index is 952. The van der Waals surface area contributed by atoms with Crippen molar-refractivity contribution in [3.63, 3.8) is 0 Å². The molecule has 2 heterocycles. The number of unbranched alkanes of at least 4 members (excludes halogenated alkanes) is 2. The van der Waals surface area contributed by atoms with Crippen LogP contribution in [0, 0.1) is 11.6 Å². The van der Waals surface area contributed by atoms with Gasteiger partial charge in [-0.15, -0.1) is 0 Å². The molecule has 2 atom stereocenters. The summed E-state index contributed by atoms with van der Waals surface area (Å²) in [7, 11) is 0. The Morgan fingerprint density at radius 3 is 2.72 bits per heavy atom. The van der Waals surface area contributed by atoms with Gasteiger partial charge in [-0.3, -0.25) is 4.79 Å². The minimum Gasteiger partial charge on any atom is -0.299 e. The third-order valence-corrected chi connectivity index (χ3v) is 6.11. The van der Waals surface area contributed by atoms with Gasteiger partial charge in [0.15, 0.2) is 5.82 Å². The van der Waals surface area contributed by atoms with E-state index in [1.165, 1.54) is 12.1 Å². The standard InChI is InChI=1S/C20H22F2N2O.CH2N2O/c1-2-3-4-5-18(25)20-9-8-13(11-20)15-12-23-24(19(15)20)17-7-6-14(21)10-16(17)22;4-1-2-3-1/h6-7,10,12-13H,2-5,8-9,11H2,1H3;(H2,2,3,4). The van der Waals surface area contributed by atoms with E-state index in [9.17, 15) is 18.4 Å². The summed E-state index contributed by atoms with van der Waals surface area (Å²) in [5, 5.41) is 4.37. The Hall–Kier alpha value is -2.77. The first-order valence-corrected chi connectivity index (χ1v) is 10.1. The Kier molecular flexibility index (Phi) is 5.10. The van der Waals surface area contributed by atoms with Gasteiger partial charge in [-0.1, -0.05) is 19.8 Å². The average molecular weight is 402 g/mol. The van der Waals surface area contributed by atoms with Crippen LogP contribution in [0.4, 0.5) is 13.6 Å². The number of hydrogen-bond acceptors (Lipinski definition) is 3. The number of aromatic nitrogens is 2. The molecule has 3 aliphatic rings. The van der Waals surface area contributed by atoms with Crippen LogP contribution < -0.4 is 10.9 Å². The summed E-state index contributed by atoms with van der Waals surface area (Å²) in [4.78, 5) is 22.4. The molecule has 1 saturated heterocycles. The average Bonchev–Trinajstić information content (AvgIpc) is 3.12. The van der Waals surface area contributed by atoms with Gasteiger partial charge >= 0.3 is 6.03 Å². The zero-order chi connectivity index (χ0) is 20.6. The largest absolute Gasteiger partial charge is 0.352 e. The fourth-order valence-electron chi connectivity index (χ4n) is 4.69. The van der Waals surface area contributed by atoms with Crippen LogP contribution in [0.3, 0.4) is 0 Å². The highest BCUT2D eigenvalue weighted by atomic mass is 19.1. The molecule has 6 nitrogen and oxygen atoms in total. The van der Waals surface area contributed by atoms with Gasteiger partial charge in [0, 0.05) is 12.5 Å². The first kappa shape index (κ1) is 19.5. The molecular formula is C21H24F2N4O2. The normalized spacial score (nSPS) is 23.0. The van der Waals surface area contributed by atoms with Crippen LogP contribution in [0.5, 0.6) is 0 Å². The van der Waals surface area contributed by atoms with Crippen molar-refractivity contribution in [2.75, 3.05) is 0 Å².